The second-order valence-corrected chi connectivity index (χ2v) is 5.95. The van der Waals surface area contributed by atoms with Gasteiger partial charge in [0.15, 0.2) is 5.11 Å². The molecule has 1 aromatic carbocycles. The van der Waals surface area contributed by atoms with Crippen LogP contribution in [0.3, 0.4) is 0 Å². The van der Waals surface area contributed by atoms with E-state index in [1.165, 1.54) is 12.0 Å². The van der Waals surface area contributed by atoms with Gasteiger partial charge in [0.05, 0.1) is 18.7 Å². The molecule has 1 aromatic rings. The Bertz CT molecular complexity index is 705. The monoisotopic (exact) mass is 398 g/mol. The van der Waals surface area contributed by atoms with E-state index >= 15 is 0 Å². The number of halogens is 1. The molecule has 0 N–H and O–H groups in total. The number of methoxy groups -OCH3 is 2. The first-order chi connectivity index (χ1) is 10.9. The van der Waals surface area contributed by atoms with E-state index in [1.807, 2.05) is 12.1 Å². The predicted molar refractivity (Wildman–Crippen MR) is 92.8 cm³/mol. The zero-order valence-electron chi connectivity index (χ0n) is 12.8. The summed E-state index contributed by atoms with van der Waals surface area (Å²) in [5.74, 6) is -0.168. The fraction of sp³-hybridized carbons (Fsp3) is 0.267. The highest BCUT2D eigenvalue weighted by Gasteiger charge is 2.36. The molecule has 1 saturated heterocycles. The van der Waals surface area contributed by atoms with Crippen LogP contribution in [0.25, 0.3) is 6.08 Å². The maximum atomic E-state index is 12.5. The number of amides is 1. The van der Waals surface area contributed by atoms with Gasteiger partial charge in [-0.15, -0.1) is 0 Å². The summed E-state index contributed by atoms with van der Waals surface area (Å²) in [6.45, 7) is -0.206. The minimum Gasteiger partial charge on any atom is -0.496 e. The molecule has 0 radical (unpaired) electrons. The fourth-order valence-corrected chi connectivity index (χ4v) is 2.88. The van der Waals surface area contributed by atoms with Crippen molar-refractivity contribution in [1.29, 1.82) is 0 Å². The van der Waals surface area contributed by atoms with Crippen LogP contribution in [-0.4, -0.2) is 54.6 Å². The molecule has 0 aromatic heterocycles. The third kappa shape index (κ3) is 3.53. The molecule has 8 heteroatoms. The second-order valence-electron chi connectivity index (χ2n) is 4.73. The topological polar surface area (TPSA) is 59.1 Å². The normalized spacial score (nSPS) is 16.3. The number of ether oxygens (including phenoxy) is 2. The van der Waals surface area contributed by atoms with Gasteiger partial charge in [-0.2, -0.15) is 0 Å². The van der Waals surface area contributed by atoms with Gasteiger partial charge in [0.2, 0.25) is 0 Å². The number of hydrogen-bond acceptors (Lipinski definition) is 5. The summed E-state index contributed by atoms with van der Waals surface area (Å²) in [5.41, 5.74) is 1.19. The van der Waals surface area contributed by atoms with Gasteiger partial charge in [-0.25, -0.2) is 0 Å². The van der Waals surface area contributed by atoms with E-state index in [9.17, 15) is 9.59 Å². The van der Waals surface area contributed by atoms with Crippen molar-refractivity contribution in [2.75, 3.05) is 27.8 Å². The Hall–Kier alpha value is -1.93. The third-order valence-electron chi connectivity index (χ3n) is 3.34. The van der Waals surface area contributed by atoms with Crippen LogP contribution in [0.4, 0.5) is 0 Å². The molecule has 6 nitrogen and oxygen atoms in total. The van der Waals surface area contributed by atoms with Crippen LogP contribution >= 0.6 is 28.1 Å². The van der Waals surface area contributed by atoms with Gasteiger partial charge in [-0.1, -0.05) is 6.07 Å². The van der Waals surface area contributed by atoms with Crippen LogP contribution in [0.15, 0.2) is 28.4 Å². The molecule has 1 heterocycles. The number of thiocarbonyl (C=S) groups is 1. The van der Waals surface area contributed by atoms with E-state index in [-0.39, 0.29) is 17.6 Å². The number of benzene rings is 1. The zero-order valence-corrected chi connectivity index (χ0v) is 15.2. The van der Waals surface area contributed by atoms with Crippen LogP contribution in [0.1, 0.15) is 5.56 Å². The second kappa shape index (κ2) is 7.10. The molecule has 0 aliphatic carbocycles. The molecule has 1 aliphatic heterocycles. The van der Waals surface area contributed by atoms with E-state index in [0.29, 0.717) is 11.4 Å². The van der Waals surface area contributed by atoms with E-state index in [4.69, 9.17) is 17.0 Å². The maximum absolute atomic E-state index is 12.5. The van der Waals surface area contributed by atoms with E-state index < -0.39 is 5.97 Å². The molecule has 23 heavy (non-hydrogen) atoms. The molecule has 0 bridgehead atoms. The van der Waals surface area contributed by atoms with Gasteiger partial charge >= 0.3 is 5.97 Å². The third-order valence-corrected chi connectivity index (χ3v) is 4.45. The highest BCUT2D eigenvalue weighted by Crippen LogP contribution is 2.28. The highest BCUT2D eigenvalue weighted by molar-refractivity contribution is 9.10. The van der Waals surface area contributed by atoms with Gasteiger partial charge in [-0.3, -0.25) is 14.5 Å². The quantitative estimate of drug-likeness (QED) is 0.439. The van der Waals surface area contributed by atoms with Crippen molar-refractivity contribution < 1.29 is 19.1 Å². The molecule has 1 amide bonds. The highest BCUT2D eigenvalue weighted by atomic mass is 79.9. The average molecular weight is 399 g/mol. The van der Waals surface area contributed by atoms with E-state index in [0.717, 1.165) is 10.0 Å². The Labute approximate surface area is 147 Å². The lowest BCUT2D eigenvalue weighted by Crippen LogP contribution is -2.36. The Morgan fingerprint density at radius 3 is 2.65 bits per heavy atom. The van der Waals surface area contributed by atoms with E-state index in [2.05, 4.69) is 20.7 Å². The number of likely N-dealkylation sites (N-methyl/N-ethyl adjacent to an activating group) is 1. The lowest BCUT2D eigenvalue weighted by molar-refractivity contribution is -0.143. The van der Waals surface area contributed by atoms with Crippen molar-refractivity contribution >= 4 is 51.2 Å². The van der Waals surface area contributed by atoms with Crippen molar-refractivity contribution in [3.05, 3.63) is 33.9 Å². The van der Waals surface area contributed by atoms with E-state index in [1.54, 1.807) is 31.2 Å². The molecule has 1 fully saturated rings. The molecular weight excluding hydrogens is 384 g/mol. The first kappa shape index (κ1) is 17.4. The molecule has 0 saturated carbocycles. The summed E-state index contributed by atoms with van der Waals surface area (Å²) in [5, 5.41) is 0.263. The summed E-state index contributed by atoms with van der Waals surface area (Å²) < 4.78 is 10.5. The van der Waals surface area contributed by atoms with Crippen LogP contribution < -0.4 is 4.74 Å². The number of carbonyl (C=O) groups is 2. The zero-order chi connectivity index (χ0) is 17.1. The molecule has 122 valence electrons. The average Bonchev–Trinajstić information content (AvgIpc) is 2.73. The lowest BCUT2D eigenvalue weighted by atomic mass is 10.2. The number of carbonyl (C=O) groups excluding carboxylic acids is 2. The smallest absolute Gasteiger partial charge is 0.325 e. The Morgan fingerprint density at radius 1 is 1.39 bits per heavy atom. The van der Waals surface area contributed by atoms with Crippen LogP contribution in [0.5, 0.6) is 5.75 Å². The molecular formula is C15H15BrN2O4S. The standard InChI is InChI=1S/C15H15BrN2O4S/c1-17-11(7-9-4-5-12(21-2)10(16)6-9)14(20)18(15(17)23)8-13(19)22-3/h4-7H,8H2,1-3H3/b11-7-. The number of nitrogens with zero attached hydrogens (tertiary/aromatic N) is 2. The minimum atomic E-state index is -0.525. The van der Waals surface area contributed by atoms with Crippen LogP contribution in [-0.2, 0) is 14.3 Å². The van der Waals surface area contributed by atoms with Crippen molar-refractivity contribution in [3.63, 3.8) is 0 Å². The van der Waals surface area contributed by atoms with Crippen molar-refractivity contribution in [2.45, 2.75) is 0 Å². The predicted octanol–water partition coefficient (Wildman–Crippen LogP) is 2.03. The fourth-order valence-electron chi connectivity index (χ4n) is 2.07. The summed E-state index contributed by atoms with van der Waals surface area (Å²) in [6.07, 6.45) is 1.70. The van der Waals surface area contributed by atoms with Crippen LogP contribution in [0.2, 0.25) is 0 Å². The molecule has 2 rings (SSSR count). The first-order valence-electron chi connectivity index (χ1n) is 6.60. The summed E-state index contributed by atoms with van der Waals surface area (Å²) in [6, 6.07) is 5.45. The van der Waals surface area contributed by atoms with Gasteiger partial charge in [-0.05, 0) is 51.9 Å². The van der Waals surface area contributed by atoms with Gasteiger partial charge < -0.3 is 14.4 Å². The first-order valence-corrected chi connectivity index (χ1v) is 7.80. The lowest BCUT2D eigenvalue weighted by Gasteiger charge is -2.14. The van der Waals surface area contributed by atoms with Gasteiger partial charge in [0, 0.05) is 7.05 Å². The van der Waals surface area contributed by atoms with Crippen molar-refractivity contribution in [2.24, 2.45) is 0 Å². The molecule has 1 aliphatic rings. The summed E-state index contributed by atoms with van der Waals surface area (Å²) in [7, 11) is 4.53. The summed E-state index contributed by atoms with van der Waals surface area (Å²) >= 11 is 8.62. The Balaban J connectivity index is 2.32. The Kier molecular flexibility index (Phi) is 5.38. The SMILES string of the molecule is COC(=O)CN1C(=O)/C(=C/c2ccc(OC)c(Br)c2)N(C)C1=S. The molecule has 0 atom stereocenters. The number of hydrogen-bond donors (Lipinski definition) is 0. The van der Waals surface area contributed by atoms with Gasteiger partial charge in [0.1, 0.15) is 18.0 Å². The Morgan fingerprint density at radius 2 is 2.09 bits per heavy atom. The van der Waals surface area contributed by atoms with Crippen molar-refractivity contribution in [3.8, 4) is 5.75 Å². The van der Waals surface area contributed by atoms with Crippen molar-refractivity contribution in [1.82, 2.24) is 9.80 Å². The number of esters is 1. The van der Waals surface area contributed by atoms with Crippen LogP contribution in [0, 0.1) is 0 Å². The summed E-state index contributed by atoms with van der Waals surface area (Å²) in [4.78, 5) is 26.7. The largest absolute Gasteiger partial charge is 0.496 e. The van der Waals surface area contributed by atoms with Gasteiger partial charge in [0.25, 0.3) is 5.91 Å². The molecule has 0 spiro atoms. The minimum absolute atomic E-state index is 0.206. The number of rotatable bonds is 4. The maximum Gasteiger partial charge on any atom is 0.325 e. The molecule has 0 unspecified atom stereocenters.